The van der Waals surface area contributed by atoms with E-state index in [4.69, 9.17) is 0 Å². The molecular formula is C12H12N4O4S2. The molecule has 2 aromatic heterocycles. The third-order valence-electron chi connectivity index (χ3n) is 2.40. The van der Waals surface area contributed by atoms with E-state index < -0.39 is 5.97 Å². The zero-order chi connectivity index (χ0) is 16.1. The molecule has 0 aliphatic heterocycles. The number of hydrogen-bond acceptors (Lipinski definition) is 8. The lowest BCUT2D eigenvalue weighted by Gasteiger charge is -2.00. The number of aryl methyl sites for hydroxylation is 1. The third kappa shape index (κ3) is 4.15. The summed E-state index contributed by atoms with van der Waals surface area (Å²) in [5, 5.41) is 3.26. The molecule has 0 bridgehead atoms. The summed E-state index contributed by atoms with van der Waals surface area (Å²) in [4.78, 5) is 45.3. The Labute approximate surface area is 133 Å². The third-order valence-corrected chi connectivity index (χ3v) is 4.34. The number of carbonyl (C=O) groups is 2. The largest absolute Gasteiger partial charge is 0.465 e. The monoisotopic (exact) mass is 340 g/mol. The summed E-state index contributed by atoms with van der Waals surface area (Å²) >= 11 is 2.13. The minimum absolute atomic E-state index is 0.0547. The molecular weight excluding hydrogens is 328 g/mol. The Morgan fingerprint density at radius 3 is 2.95 bits per heavy atom. The minimum Gasteiger partial charge on any atom is -0.465 e. The van der Waals surface area contributed by atoms with Crippen LogP contribution >= 0.6 is 23.1 Å². The molecule has 0 atom stereocenters. The molecule has 116 valence electrons. The van der Waals surface area contributed by atoms with Crippen LogP contribution in [0.15, 0.2) is 22.2 Å². The van der Waals surface area contributed by atoms with Crippen molar-refractivity contribution >= 4 is 40.1 Å². The van der Waals surface area contributed by atoms with Crippen LogP contribution in [0.4, 0.5) is 5.13 Å². The van der Waals surface area contributed by atoms with Crippen LogP contribution in [0.5, 0.6) is 0 Å². The number of anilines is 1. The van der Waals surface area contributed by atoms with E-state index in [1.807, 2.05) is 0 Å². The summed E-state index contributed by atoms with van der Waals surface area (Å²) in [6.07, 6.45) is 1.37. The van der Waals surface area contributed by atoms with Crippen LogP contribution in [-0.4, -0.2) is 39.7 Å². The number of hydrogen-bond donors (Lipinski definition) is 2. The maximum atomic E-state index is 11.8. The van der Waals surface area contributed by atoms with E-state index >= 15 is 0 Å². The normalized spacial score (nSPS) is 10.3. The Hall–Kier alpha value is -2.20. The van der Waals surface area contributed by atoms with Crippen LogP contribution in [-0.2, 0) is 9.53 Å². The van der Waals surface area contributed by atoms with Crippen molar-refractivity contribution in [2.24, 2.45) is 0 Å². The molecule has 2 N–H and O–H groups in total. The van der Waals surface area contributed by atoms with E-state index in [2.05, 4.69) is 25.0 Å². The van der Waals surface area contributed by atoms with Gasteiger partial charge in [0.05, 0.1) is 18.6 Å². The lowest BCUT2D eigenvalue weighted by Crippen LogP contribution is -2.15. The van der Waals surface area contributed by atoms with Crippen LogP contribution in [0, 0.1) is 6.92 Å². The highest BCUT2D eigenvalue weighted by molar-refractivity contribution is 7.99. The lowest BCUT2D eigenvalue weighted by atomic mass is 10.4. The van der Waals surface area contributed by atoms with Gasteiger partial charge in [0.1, 0.15) is 4.88 Å². The predicted octanol–water partition coefficient (Wildman–Crippen LogP) is 1.05. The average Bonchev–Trinajstić information content (AvgIpc) is 2.85. The second-order valence-electron chi connectivity index (χ2n) is 4.00. The number of nitrogens with zero attached hydrogens (tertiary/aromatic N) is 2. The van der Waals surface area contributed by atoms with Gasteiger partial charge in [-0.15, -0.1) is 0 Å². The van der Waals surface area contributed by atoms with E-state index in [9.17, 15) is 14.4 Å². The van der Waals surface area contributed by atoms with Crippen molar-refractivity contribution in [3.63, 3.8) is 0 Å². The van der Waals surface area contributed by atoms with Crippen molar-refractivity contribution in [3.05, 3.63) is 33.2 Å². The first-order valence-electron chi connectivity index (χ1n) is 6.03. The number of aromatic amines is 1. The fraction of sp³-hybridized carbons (Fsp3) is 0.250. The quantitative estimate of drug-likeness (QED) is 0.475. The number of amides is 1. The number of ether oxygens (including phenoxy) is 1. The van der Waals surface area contributed by atoms with Gasteiger partial charge in [0.25, 0.3) is 5.56 Å². The number of rotatable bonds is 5. The molecule has 0 unspecified atom stereocenters. The zero-order valence-electron chi connectivity index (χ0n) is 11.7. The smallest absolute Gasteiger partial charge is 0.350 e. The molecule has 8 nitrogen and oxygen atoms in total. The van der Waals surface area contributed by atoms with Crippen LogP contribution in [0.3, 0.4) is 0 Å². The van der Waals surface area contributed by atoms with Crippen molar-refractivity contribution in [1.29, 1.82) is 0 Å². The van der Waals surface area contributed by atoms with E-state index in [0.29, 0.717) is 20.9 Å². The highest BCUT2D eigenvalue weighted by atomic mass is 32.2. The molecule has 22 heavy (non-hydrogen) atoms. The Balaban J connectivity index is 1.95. The second-order valence-corrected chi connectivity index (χ2v) is 5.96. The first-order chi connectivity index (χ1) is 10.5. The molecule has 2 rings (SSSR count). The fourth-order valence-corrected chi connectivity index (χ4v) is 3.00. The predicted molar refractivity (Wildman–Crippen MR) is 82.4 cm³/mol. The van der Waals surface area contributed by atoms with Crippen LogP contribution in [0.25, 0.3) is 0 Å². The molecule has 0 radical (unpaired) electrons. The molecule has 1 amide bonds. The molecule has 0 aromatic carbocycles. The molecule has 2 heterocycles. The summed E-state index contributed by atoms with van der Waals surface area (Å²) in [7, 11) is 1.28. The number of thioether (sulfide) groups is 1. The lowest BCUT2D eigenvalue weighted by molar-refractivity contribution is -0.113. The molecule has 0 saturated heterocycles. The van der Waals surface area contributed by atoms with Crippen LogP contribution in [0.2, 0.25) is 0 Å². The Kier molecular flexibility index (Phi) is 5.28. The van der Waals surface area contributed by atoms with Gasteiger partial charge in [-0.3, -0.25) is 9.59 Å². The first kappa shape index (κ1) is 16.2. The maximum absolute atomic E-state index is 11.8. The van der Waals surface area contributed by atoms with Gasteiger partial charge in [-0.1, -0.05) is 23.1 Å². The molecule has 0 aliphatic carbocycles. The van der Waals surface area contributed by atoms with Gasteiger partial charge in [-0.25, -0.2) is 14.8 Å². The average molecular weight is 340 g/mol. The summed E-state index contributed by atoms with van der Waals surface area (Å²) in [5.41, 5.74) is 0.213. The van der Waals surface area contributed by atoms with E-state index in [-0.39, 0.29) is 17.2 Å². The Bertz CT molecular complexity index is 756. The van der Waals surface area contributed by atoms with Gasteiger partial charge in [-0.05, 0) is 6.92 Å². The Morgan fingerprint density at radius 1 is 1.50 bits per heavy atom. The summed E-state index contributed by atoms with van der Waals surface area (Å²) in [5.74, 6) is -0.753. The molecule has 2 aromatic rings. The molecule has 0 aliphatic rings. The van der Waals surface area contributed by atoms with Gasteiger partial charge in [0.2, 0.25) is 5.91 Å². The topological polar surface area (TPSA) is 114 Å². The number of nitrogens with one attached hydrogen (secondary N) is 2. The highest BCUT2D eigenvalue weighted by Gasteiger charge is 2.17. The fourth-order valence-electron chi connectivity index (χ4n) is 1.45. The number of esters is 1. The van der Waals surface area contributed by atoms with Crippen molar-refractivity contribution in [1.82, 2.24) is 15.0 Å². The SMILES string of the molecule is COC(=O)c1sc(NC(=O)CSc2nccc(=O)[nH]2)nc1C. The molecule has 0 spiro atoms. The van der Waals surface area contributed by atoms with Crippen LogP contribution < -0.4 is 10.9 Å². The summed E-state index contributed by atoms with van der Waals surface area (Å²) < 4.78 is 4.62. The Morgan fingerprint density at radius 2 is 2.27 bits per heavy atom. The minimum atomic E-state index is -0.490. The van der Waals surface area contributed by atoms with Gasteiger partial charge in [0, 0.05) is 12.3 Å². The van der Waals surface area contributed by atoms with E-state index in [0.717, 1.165) is 23.1 Å². The number of H-pyrrole nitrogens is 1. The standard InChI is InChI=1S/C12H12N4O4S2/c1-6-9(10(19)20-2)22-12(14-6)16-8(18)5-21-11-13-4-3-7(17)15-11/h3-4H,5H2,1-2H3,(H,13,15,17)(H,14,16,18). The second kappa shape index (κ2) is 7.18. The molecule has 0 saturated carbocycles. The molecule has 10 heteroatoms. The van der Waals surface area contributed by atoms with Gasteiger partial charge >= 0.3 is 5.97 Å². The van der Waals surface area contributed by atoms with Crippen molar-refractivity contribution in [2.45, 2.75) is 12.1 Å². The first-order valence-corrected chi connectivity index (χ1v) is 7.83. The van der Waals surface area contributed by atoms with E-state index in [1.165, 1.54) is 19.4 Å². The highest BCUT2D eigenvalue weighted by Crippen LogP contribution is 2.23. The number of carbonyl (C=O) groups excluding carboxylic acids is 2. The van der Waals surface area contributed by atoms with Crippen molar-refractivity contribution in [2.75, 3.05) is 18.2 Å². The summed E-state index contributed by atoms with van der Waals surface area (Å²) in [6.45, 7) is 1.66. The van der Waals surface area contributed by atoms with Gasteiger partial charge in [-0.2, -0.15) is 0 Å². The summed E-state index contributed by atoms with van der Waals surface area (Å²) in [6, 6.07) is 1.29. The van der Waals surface area contributed by atoms with Crippen LogP contribution in [0.1, 0.15) is 15.4 Å². The number of methoxy groups -OCH3 is 1. The number of aromatic nitrogens is 3. The van der Waals surface area contributed by atoms with E-state index in [1.54, 1.807) is 6.92 Å². The van der Waals surface area contributed by atoms with Gasteiger partial charge in [0.15, 0.2) is 10.3 Å². The van der Waals surface area contributed by atoms with Gasteiger partial charge < -0.3 is 15.0 Å². The maximum Gasteiger partial charge on any atom is 0.350 e. The van der Waals surface area contributed by atoms with Crippen molar-refractivity contribution < 1.29 is 14.3 Å². The van der Waals surface area contributed by atoms with Crippen molar-refractivity contribution in [3.8, 4) is 0 Å². The molecule has 0 fully saturated rings. The zero-order valence-corrected chi connectivity index (χ0v) is 13.3. The number of thiazole rings is 1.